The van der Waals surface area contributed by atoms with E-state index in [1.165, 1.54) is 0 Å². The fourth-order valence-electron chi connectivity index (χ4n) is 1.17. The SMILES string of the molecule is C=C(C)CCOc1c(F)cc(S(N)(=O)=O)cc1F. The van der Waals surface area contributed by atoms with Gasteiger partial charge in [0.05, 0.1) is 11.5 Å². The highest BCUT2D eigenvalue weighted by Crippen LogP contribution is 2.25. The minimum atomic E-state index is -4.15. The molecule has 0 aromatic heterocycles. The lowest BCUT2D eigenvalue weighted by molar-refractivity contribution is 0.287. The summed E-state index contributed by atoms with van der Waals surface area (Å²) in [6, 6.07) is 1.24. The maximum absolute atomic E-state index is 13.5. The number of sulfonamides is 1. The second-order valence-corrected chi connectivity index (χ2v) is 5.38. The van der Waals surface area contributed by atoms with Gasteiger partial charge in [-0.05, 0) is 19.1 Å². The minimum absolute atomic E-state index is 0.0535. The molecule has 100 valence electrons. The number of nitrogens with two attached hydrogens (primary N) is 1. The highest BCUT2D eigenvalue weighted by molar-refractivity contribution is 7.89. The summed E-state index contributed by atoms with van der Waals surface area (Å²) in [6.45, 7) is 5.42. The first kappa shape index (κ1) is 14.6. The summed E-state index contributed by atoms with van der Waals surface area (Å²) in [5, 5.41) is 4.77. The molecular formula is C11H13F2NO3S. The van der Waals surface area contributed by atoms with Gasteiger partial charge in [0, 0.05) is 6.42 Å². The van der Waals surface area contributed by atoms with Gasteiger partial charge in [0.1, 0.15) is 0 Å². The summed E-state index contributed by atoms with van der Waals surface area (Å²) in [6.07, 6.45) is 0.440. The molecule has 0 spiro atoms. The number of benzene rings is 1. The van der Waals surface area contributed by atoms with Gasteiger partial charge in [-0.3, -0.25) is 0 Å². The summed E-state index contributed by atoms with van der Waals surface area (Å²) in [5.74, 6) is -2.84. The predicted octanol–water partition coefficient (Wildman–Crippen LogP) is 1.96. The van der Waals surface area contributed by atoms with Crippen LogP contribution in [0, 0.1) is 11.6 Å². The van der Waals surface area contributed by atoms with Crippen LogP contribution in [0.1, 0.15) is 13.3 Å². The van der Waals surface area contributed by atoms with Crippen LogP contribution in [0.25, 0.3) is 0 Å². The molecule has 1 aromatic rings. The monoisotopic (exact) mass is 277 g/mol. The normalized spacial score (nSPS) is 11.3. The molecule has 0 amide bonds. The van der Waals surface area contributed by atoms with Gasteiger partial charge in [-0.1, -0.05) is 5.57 Å². The summed E-state index contributed by atoms with van der Waals surface area (Å²) in [7, 11) is -4.15. The van der Waals surface area contributed by atoms with E-state index in [-0.39, 0.29) is 6.61 Å². The van der Waals surface area contributed by atoms with Crippen molar-refractivity contribution < 1.29 is 21.9 Å². The molecule has 0 aliphatic heterocycles. The number of hydrogen-bond donors (Lipinski definition) is 1. The molecule has 0 saturated heterocycles. The number of primary sulfonamides is 1. The first-order chi connectivity index (χ1) is 8.21. The Morgan fingerprint density at radius 1 is 1.39 bits per heavy atom. The Balaban J connectivity index is 2.99. The van der Waals surface area contributed by atoms with Gasteiger partial charge in [-0.15, -0.1) is 6.58 Å². The molecule has 0 fully saturated rings. The molecule has 2 N–H and O–H groups in total. The van der Waals surface area contributed by atoms with E-state index in [1.807, 2.05) is 0 Å². The van der Waals surface area contributed by atoms with Gasteiger partial charge in [0.25, 0.3) is 0 Å². The fourth-order valence-corrected chi connectivity index (χ4v) is 1.70. The molecule has 18 heavy (non-hydrogen) atoms. The number of hydrogen-bond acceptors (Lipinski definition) is 3. The lowest BCUT2D eigenvalue weighted by atomic mass is 10.2. The average Bonchev–Trinajstić information content (AvgIpc) is 2.20. The zero-order chi connectivity index (χ0) is 13.9. The molecule has 1 rings (SSSR count). The molecule has 0 aliphatic carbocycles. The Labute approximate surface area is 104 Å². The first-order valence-electron chi connectivity index (χ1n) is 5.01. The second-order valence-electron chi connectivity index (χ2n) is 3.82. The van der Waals surface area contributed by atoms with Crippen LogP contribution in [-0.2, 0) is 10.0 Å². The average molecular weight is 277 g/mol. The van der Waals surface area contributed by atoms with Crippen LogP contribution in [0.2, 0.25) is 0 Å². The molecular weight excluding hydrogens is 264 g/mol. The molecule has 4 nitrogen and oxygen atoms in total. The Bertz CT molecular complexity index is 547. The van der Waals surface area contributed by atoms with Gasteiger partial charge in [0.2, 0.25) is 10.0 Å². The largest absolute Gasteiger partial charge is 0.487 e. The van der Waals surface area contributed by atoms with E-state index in [0.717, 1.165) is 5.57 Å². The fraction of sp³-hybridized carbons (Fsp3) is 0.273. The third kappa shape index (κ3) is 3.78. The van der Waals surface area contributed by atoms with Gasteiger partial charge in [0.15, 0.2) is 17.4 Å². The zero-order valence-corrected chi connectivity index (χ0v) is 10.6. The van der Waals surface area contributed by atoms with E-state index in [9.17, 15) is 17.2 Å². The zero-order valence-electron chi connectivity index (χ0n) is 9.74. The second kappa shape index (κ2) is 5.45. The maximum Gasteiger partial charge on any atom is 0.238 e. The Kier molecular flexibility index (Phi) is 4.42. The van der Waals surface area contributed by atoms with E-state index in [4.69, 9.17) is 9.88 Å². The van der Waals surface area contributed by atoms with Gasteiger partial charge in [-0.25, -0.2) is 22.3 Å². The van der Waals surface area contributed by atoms with E-state index >= 15 is 0 Å². The van der Waals surface area contributed by atoms with Crippen LogP contribution in [0.5, 0.6) is 5.75 Å². The van der Waals surface area contributed by atoms with Crippen LogP contribution >= 0.6 is 0 Å². The molecule has 0 bridgehead atoms. The van der Waals surface area contributed by atoms with E-state index in [1.54, 1.807) is 6.92 Å². The van der Waals surface area contributed by atoms with E-state index < -0.39 is 32.3 Å². The third-order valence-electron chi connectivity index (χ3n) is 2.08. The van der Waals surface area contributed by atoms with Crippen molar-refractivity contribution in [3.63, 3.8) is 0 Å². The van der Waals surface area contributed by atoms with Crippen LogP contribution < -0.4 is 9.88 Å². The van der Waals surface area contributed by atoms with Gasteiger partial charge >= 0.3 is 0 Å². The Morgan fingerprint density at radius 3 is 2.28 bits per heavy atom. The van der Waals surface area contributed by atoms with Crippen LogP contribution in [0.3, 0.4) is 0 Å². The standard InChI is InChI=1S/C11H13F2NO3S/c1-7(2)3-4-17-11-9(12)5-8(6-10(11)13)18(14,15)16/h5-6H,1,3-4H2,2H3,(H2,14,15,16). The summed E-state index contributed by atoms with van der Waals surface area (Å²) in [4.78, 5) is -0.634. The molecule has 0 heterocycles. The third-order valence-corrected chi connectivity index (χ3v) is 2.97. The Morgan fingerprint density at radius 2 is 1.89 bits per heavy atom. The van der Waals surface area contributed by atoms with Crippen LogP contribution in [0.15, 0.2) is 29.2 Å². The topological polar surface area (TPSA) is 69.4 Å². The molecule has 7 heteroatoms. The van der Waals surface area contributed by atoms with Crippen molar-refractivity contribution in [3.8, 4) is 5.75 Å². The van der Waals surface area contributed by atoms with Crippen molar-refractivity contribution in [2.75, 3.05) is 6.61 Å². The quantitative estimate of drug-likeness (QED) is 0.836. The molecule has 0 saturated carbocycles. The summed E-state index contributed by atoms with van der Waals surface area (Å²) in [5.41, 5.74) is 0.803. The number of ether oxygens (including phenoxy) is 1. The lowest BCUT2D eigenvalue weighted by Crippen LogP contribution is -2.13. The molecule has 1 aromatic carbocycles. The van der Waals surface area contributed by atoms with Crippen LogP contribution in [0.4, 0.5) is 8.78 Å². The lowest BCUT2D eigenvalue weighted by Gasteiger charge is -2.09. The maximum atomic E-state index is 13.5. The van der Waals surface area contributed by atoms with Crippen molar-refractivity contribution in [2.24, 2.45) is 5.14 Å². The van der Waals surface area contributed by atoms with Crippen molar-refractivity contribution in [1.29, 1.82) is 0 Å². The highest BCUT2D eigenvalue weighted by atomic mass is 32.2. The van der Waals surface area contributed by atoms with E-state index in [0.29, 0.717) is 18.6 Å². The molecule has 0 aliphatic rings. The van der Waals surface area contributed by atoms with Crippen molar-refractivity contribution in [1.82, 2.24) is 0 Å². The number of halogens is 2. The smallest absolute Gasteiger partial charge is 0.238 e. The Hall–Kier alpha value is -1.47. The van der Waals surface area contributed by atoms with Gasteiger partial charge in [-0.2, -0.15) is 0 Å². The highest BCUT2D eigenvalue weighted by Gasteiger charge is 2.17. The molecule has 0 radical (unpaired) electrons. The minimum Gasteiger partial charge on any atom is -0.487 e. The molecule has 0 unspecified atom stereocenters. The van der Waals surface area contributed by atoms with E-state index in [2.05, 4.69) is 6.58 Å². The predicted molar refractivity (Wildman–Crippen MR) is 62.7 cm³/mol. The first-order valence-corrected chi connectivity index (χ1v) is 6.55. The van der Waals surface area contributed by atoms with Crippen molar-refractivity contribution in [2.45, 2.75) is 18.2 Å². The van der Waals surface area contributed by atoms with Crippen LogP contribution in [-0.4, -0.2) is 15.0 Å². The van der Waals surface area contributed by atoms with Crippen molar-refractivity contribution >= 4 is 10.0 Å². The summed E-state index contributed by atoms with van der Waals surface area (Å²) >= 11 is 0. The molecule has 0 atom stereocenters. The van der Waals surface area contributed by atoms with Gasteiger partial charge < -0.3 is 4.74 Å². The number of rotatable bonds is 5. The summed E-state index contributed by atoms with van der Waals surface area (Å²) < 4.78 is 53.7. The van der Waals surface area contributed by atoms with Crippen molar-refractivity contribution in [3.05, 3.63) is 35.9 Å².